The number of thioether (sulfide) groups is 1. The number of nitrogens with one attached hydrogen (secondary N) is 1. The summed E-state index contributed by atoms with van der Waals surface area (Å²) in [5, 5.41) is 11.4. The molecule has 0 fully saturated rings. The highest BCUT2D eigenvalue weighted by atomic mass is 32.2. The van der Waals surface area contributed by atoms with Crippen molar-refractivity contribution in [3.8, 4) is 0 Å². The summed E-state index contributed by atoms with van der Waals surface area (Å²) >= 11 is 1.65. The predicted molar refractivity (Wildman–Crippen MR) is 77.4 cm³/mol. The zero-order chi connectivity index (χ0) is 14.3. The molecular formula is C13H18N2O3S. The second-order valence-corrected chi connectivity index (χ2v) is 5.13. The summed E-state index contributed by atoms with van der Waals surface area (Å²) in [5.41, 5.74) is 7.06. The highest BCUT2D eigenvalue weighted by Crippen LogP contribution is 2.11. The maximum absolute atomic E-state index is 11.7. The van der Waals surface area contributed by atoms with Gasteiger partial charge in [-0.2, -0.15) is 11.8 Å². The topological polar surface area (TPSA) is 92.4 Å². The molecule has 0 saturated carbocycles. The molecule has 0 spiro atoms. The van der Waals surface area contributed by atoms with Crippen LogP contribution in [0.15, 0.2) is 24.3 Å². The lowest BCUT2D eigenvalue weighted by molar-refractivity contribution is -0.136. The van der Waals surface area contributed by atoms with E-state index >= 15 is 0 Å². The molecule has 1 rings (SSSR count). The first-order valence-electron chi connectivity index (χ1n) is 5.89. The van der Waals surface area contributed by atoms with Crippen LogP contribution in [0.1, 0.15) is 12.0 Å². The van der Waals surface area contributed by atoms with E-state index in [1.54, 1.807) is 36.0 Å². The quantitative estimate of drug-likeness (QED) is 0.701. The van der Waals surface area contributed by atoms with Crippen LogP contribution in [0.25, 0.3) is 0 Å². The van der Waals surface area contributed by atoms with Crippen LogP contribution in [-0.4, -0.2) is 35.0 Å². The number of nitrogens with two attached hydrogens (primary N) is 1. The van der Waals surface area contributed by atoms with Crippen LogP contribution in [0.4, 0.5) is 5.69 Å². The molecule has 1 amide bonds. The summed E-state index contributed by atoms with van der Waals surface area (Å²) in [4.78, 5) is 22.3. The lowest BCUT2D eigenvalue weighted by Crippen LogP contribution is -2.36. The standard InChI is InChI=1S/C13H18N2O3S/c1-19-7-6-11(14)13(18)15-10-4-2-9(3-5-10)8-12(16)17/h2-5,11H,6-8,14H2,1H3,(H,15,18)(H,16,17)/t11-/m0/s1. The minimum absolute atomic E-state index is 0.0263. The first kappa shape index (κ1) is 15.5. The normalized spacial score (nSPS) is 11.9. The van der Waals surface area contributed by atoms with Gasteiger partial charge in [0.2, 0.25) is 5.91 Å². The SMILES string of the molecule is CSCC[C@H](N)C(=O)Nc1ccc(CC(=O)O)cc1. The van der Waals surface area contributed by atoms with Gasteiger partial charge < -0.3 is 16.2 Å². The molecule has 0 unspecified atom stereocenters. The molecule has 4 N–H and O–H groups in total. The summed E-state index contributed by atoms with van der Waals surface area (Å²) in [6.07, 6.45) is 2.57. The number of carboxylic acids is 1. The molecule has 6 heteroatoms. The number of aliphatic carboxylic acids is 1. The summed E-state index contributed by atoms with van der Waals surface area (Å²) in [6, 6.07) is 6.19. The van der Waals surface area contributed by atoms with Crippen LogP contribution in [0.5, 0.6) is 0 Å². The Hall–Kier alpha value is -1.53. The van der Waals surface area contributed by atoms with Gasteiger partial charge in [0.15, 0.2) is 0 Å². The second-order valence-electron chi connectivity index (χ2n) is 4.14. The molecule has 0 aliphatic heterocycles. The van der Waals surface area contributed by atoms with Crippen molar-refractivity contribution in [2.45, 2.75) is 18.9 Å². The van der Waals surface area contributed by atoms with Gasteiger partial charge in [0, 0.05) is 5.69 Å². The van der Waals surface area contributed by atoms with E-state index < -0.39 is 12.0 Å². The molecule has 0 saturated heterocycles. The zero-order valence-electron chi connectivity index (χ0n) is 10.8. The van der Waals surface area contributed by atoms with E-state index in [4.69, 9.17) is 10.8 Å². The van der Waals surface area contributed by atoms with Gasteiger partial charge in [-0.3, -0.25) is 9.59 Å². The lowest BCUT2D eigenvalue weighted by atomic mass is 10.1. The number of carbonyl (C=O) groups is 2. The highest BCUT2D eigenvalue weighted by Gasteiger charge is 2.12. The minimum atomic E-state index is -0.879. The van der Waals surface area contributed by atoms with Gasteiger partial charge in [0.25, 0.3) is 0 Å². The number of amides is 1. The van der Waals surface area contributed by atoms with Crippen molar-refractivity contribution in [2.75, 3.05) is 17.3 Å². The number of carboxylic acid groups (broad SMARTS) is 1. The van der Waals surface area contributed by atoms with Gasteiger partial charge in [-0.05, 0) is 36.1 Å². The molecule has 0 aliphatic rings. The van der Waals surface area contributed by atoms with Crippen molar-refractivity contribution in [3.63, 3.8) is 0 Å². The van der Waals surface area contributed by atoms with E-state index in [2.05, 4.69) is 5.32 Å². The maximum Gasteiger partial charge on any atom is 0.307 e. The summed E-state index contributed by atoms with van der Waals surface area (Å²) in [5.74, 6) is -0.262. The fourth-order valence-electron chi connectivity index (χ4n) is 1.49. The molecule has 1 aromatic carbocycles. The van der Waals surface area contributed by atoms with Crippen molar-refractivity contribution < 1.29 is 14.7 Å². The van der Waals surface area contributed by atoms with Gasteiger partial charge in [-0.15, -0.1) is 0 Å². The Morgan fingerprint density at radius 1 is 1.37 bits per heavy atom. The third kappa shape index (κ3) is 5.76. The Kier molecular flexibility index (Phi) is 6.38. The maximum atomic E-state index is 11.7. The fraction of sp³-hybridized carbons (Fsp3) is 0.385. The Balaban J connectivity index is 2.52. The van der Waals surface area contributed by atoms with Gasteiger partial charge in [0.1, 0.15) is 0 Å². The van der Waals surface area contributed by atoms with Gasteiger partial charge in [0.05, 0.1) is 12.5 Å². The van der Waals surface area contributed by atoms with E-state index in [1.165, 1.54) is 0 Å². The zero-order valence-corrected chi connectivity index (χ0v) is 11.6. The largest absolute Gasteiger partial charge is 0.481 e. The lowest BCUT2D eigenvalue weighted by Gasteiger charge is -2.11. The molecule has 5 nitrogen and oxygen atoms in total. The van der Waals surface area contributed by atoms with Crippen LogP contribution in [0.2, 0.25) is 0 Å². The number of carbonyl (C=O) groups excluding carboxylic acids is 1. The highest BCUT2D eigenvalue weighted by molar-refractivity contribution is 7.98. The predicted octanol–water partition coefficient (Wildman–Crippen LogP) is 1.33. The average Bonchev–Trinajstić information content (AvgIpc) is 2.37. The second kappa shape index (κ2) is 7.81. The average molecular weight is 282 g/mol. The van der Waals surface area contributed by atoms with E-state index in [0.29, 0.717) is 17.7 Å². The number of rotatable bonds is 7. The van der Waals surface area contributed by atoms with E-state index in [9.17, 15) is 9.59 Å². The molecule has 0 aliphatic carbocycles. The van der Waals surface area contributed by atoms with Crippen LogP contribution >= 0.6 is 11.8 Å². The van der Waals surface area contributed by atoms with Gasteiger partial charge in [-0.1, -0.05) is 12.1 Å². The Morgan fingerprint density at radius 3 is 2.53 bits per heavy atom. The van der Waals surface area contributed by atoms with Crippen molar-refractivity contribution in [2.24, 2.45) is 5.73 Å². The molecule has 0 radical (unpaired) electrons. The van der Waals surface area contributed by atoms with Crippen molar-refractivity contribution in [1.29, 1.82) is 0 Å². The number of hydrogen-bond acceptors (Lipinski definition) is 4. The number of hydrogen-bond donors (Lipinski definition) is 3. The van der Waals surface area contributed by atoms with Crippen molar-refractivity contribution >= 4 is 29.3 Å². The van der Waals surface area contributed by atoms with Crippen LogP contribution in [-0.2, 0) is 16.0 Å². The van der Waals surface area contributed by atoms with Crippen LogP contribution in [0, 0.1) is 0 Å². The van der Waals surface area contributed by atoms with Gasteiger partial charge in [-0.25, -0.2) is 0 Å². The molecule has 1 aromatic rings. The molecule has 104 valence electrons. The Bertz CT molecular complexity index is 434. The van der Waals surface area contributed by atoms with Gasteiger partial charge >= 0.3 is 5.97 Å². The first-order chi connectivity index (χ1) is 9.02. The van der Waals surface area contributed by atoms with E-state index in [0.717, 1.165) is 5.75 Å². The van der Waals surface area contributed by atoms with E-state index in [-0.39, 0.29) is 12.3 Å². The molecular weight excluding hydrogens is 264 g/mol. The Labute approximate surface area is 116 Å². The molecule has 0 heterocycles. The fourth-order valence-corrected chi connectivity index (χ4v) is 1.98. The Morgan fingerprint density at radius 2 is 2.00 bits per heavy atom. The first-order valence-corrected chi connectivity index (χ1v) is 7.28. The minimum Gasteiger partial charge on any atom is -0.481 e. The summed E-state index contributed by atoms with van der Waals surface area (Å²) in [7, 11) is 0. The third-order valence-electron chi connectivity index (χ3n) is 2.55. The molecule has 0 bridgehead atoms. The van der Waals surface area contributed by atoms with Crippen molar-refractivity contribution in [1.82, 2.24) is 0 Å². The smallest absolute Gasteiger partial charge is 0.307 e. The van der Waals surface area contributed by atoms with Crippen molar-refractivity contribution in [3.05, 3.63) is 29.8 Å². The monoisotopic (exact) mass is 282 g/mol. The van der Waals surface area contributed by atoms with E-state index in [1.807, 2.05) is 6.26 Å². The number of benzene rings is 1. The molecule has 19 heavy (non-hydrogen) atoms. The van der Waals surface area contributed by atoms with Crippen LogP contribution < -0.4 is 11.1 Å². The molecule has 0 aromatic heterocycles. The third-order valence-corrected chi connectivity index (χ3v) is 3.19. The molecule has 1 atom stereocenters. The number of anilines is 1. The van der Waals surface area contributed by atoms with Crippen LogP contribution in [0.3, 0.4) is 0 Å². The summed E-state index contributed by atoms with van der Waals surface area (Å²) < 4.78 is 0. The summed E-state index contributed by atoms with van der Waals surface area (Å²) in [6.45, 7) is 0.